The Kier molecular flexibility index (Phi) is 7.59. The highest BCUT2D eigenvalue weighted by molar-refractivity contribution is 7.09. The molecule has 0 bridgehead atoms. The molecule has 6 nitrogen and oxygen atoms in total. The Morgan fingerprint density at radius 2 is 1.96 bits per heavy atom. The minimum Gasteiger partial charge on any atom is -0.481 e. The Balaban J connectivity index is 1.98. The number of aromatic nitrogens is 1. The highest BCUT2D eigenvalue weighted by Gasteiger charge is 2.19. The monoisotopic (exact) mass is 375 g/mol. The Morgan fingerprint density at radius 1 is 1.23 bits per heavy atom. The highest BCUT2D eigenvalue weighted by atomic mass is 32.1. The van der Waals surface area contributed by atoms with Crippen molar-refractivity contribution in [3.8, 4) is 0 Å². The van der Waals surface area contributed by atoms with Crippen molar-refractivity contribution in [3.05, 3.63) is 52.0 Å². The quantitative estimate of drug-likeness (QED) is 0.623. The summed E-state index contributed by atoms with van der Waals surface area (Å²) in [5.74, 6) is -0.866. The standard InChI is InChI=1S/C19H25N3O3S/c1-3-16(18-20-13(2)12-26-18)22-19(25)21-15(9-10-17(23)24)11-14-7-5-4-6-8-14/h4-8,12,15-16H,3,9-11H2,1-2H3,(H,23,24)(H2,21,22,25). The number of hydrogen-bond acceptors (Lipinski definition) is 4. The van der Waals surface area contributed by atoms with Crippen molar-refractivity contribution >= 4 is 23.3 Å². The lowest BCUT2D eigenvalue weighted by molar-refractivity contribution is -0.137. The molecule has 26 heavy (non-hydrogen) atoms. The number of nitrogens with zero attached hydrogens (tertiary/aromatic N) is 1. The Bertz CT molecular complexity index is 718. The molecule has 0 spiro atoms. The molecule has 1 heterocycles. The van der Waals surface area contributed by atoms with E-state index in [4.69, 9.17) is 5.11 Å². The molecule has 2 atom stereocenters. The molecule has 2 unspecified atom stereocenters. The van der Waals surface area contributed by atoms with Crippen LogP contribution in [0.2, 0.25) is 0 Å². The van der Waals surface area contributed by atoms with Gasteiger partial charge in [0.05, 0.1) is 6.04 Å². The van der Waals surface area contributed by atoms with Gasteiger partial charge in [-0.15, -0.1) is 11.3 Å². The molecule has 3 N–H and O–H groups in total. The third-order valence-corrected chi connectivity index (χ3v) is 5.09. The number of carbonyl (C=O) groups is 2. The number of carboxylic acid groups (broad SMARTS) is 1. The third kappa shape index (κ3) is 6.48. The van der Waals surface area contributed by atoms with E-state index in [2.05, 4.69) is 15.6 Å². The number of rotatable bonds is 9. The molecular weight excluding hydrogens is 350 g/mol. The van der Waals surface area contributed by atoms with Gasteiger partial charge in [-0.2, -0.15) is 0 Å². The molecule has 0 saturated heterocycles. The molecular formula is C19H25N3O3S. The van der Waals surface area contributed by atoms with Crippen LogP contribution in [0.5, 0.6) is 0 Å². The molecule has 2 rings (SSSR count). The second-order valence-electron chi connectivity index (χ2n) is 6.22. The molecule has 1 aromatic heterocycles. The summed E-state index contributed by atoms with van der Waals surface area (Å²) in [6.07, 6.45) is 1.72. The second-order valence-corrected chi connectivity index (χ2v) is 7.11. The predicted molar refractivity (Wildman–Crippen MR) is 102 cm³/mol. The van der Waals surface area contributed by atoms with Crippen LogP contribution in [-0.2, 0) is 11.2 Å². The summed E-state index contributed by atoms with van der Waals surface area (Å²) in [6.45, 7) is 3.92. The van der Waals surface area contributed by atoms with Crippen LogP contribution in [0.3, 0.4) is 0 Å². The summed E-state index contributed by atoms with van der Waals surface area (Å²) >= 11 is 1.53. The van der Waals surface area contributed by atoms with Crippen molar-refractivity contribution in [3.63, 3.8) is 0 Å². The number of carboxylic acids is 1. The molecule has 0 aliphatic carbocycles. The summed E-state index contributed by atoms with van der Waals surface area (Å²) in [5.41, 5.74) is 2.00. The van der Waals surface area contributed by atoms with Gasteiger partial charge in [0, 0.05) is 23.5 Å². The van der Waals surface area contributed by atoms with Gasteiger partial charge < -0.3 is 15.7 Å². The first-order valence-electron chi connectivity index (χ1n) is 8.72. The van der Waals surface area contributed by atoms with Crippen molar-refractivity contribution in [1.82, 2.24) is 15.6 Å². The van der Waals surface area contributed by atoms with E-state index in [0.717, 1.165) is 22.7 Å². The van der Waals surface area contributed by atoms with E-state index in [1.165, 1.54) is 11.3 Å². The van der Waals surface area contributed by atoms with Gasteiger partial charge in [-0.25, -0.2) is 9.78 Å². The number of aliphatic carboxylic acids is 1. The minimum absolute atomic E-state index is 0.0145. The van der Waals surface area contributed by atoms with Gasteiger partial charge in [-0.05, 0) is 31.7 Å². The van der Waals surface area contributed by atoms with E-state index >= 15 is 0 Å². The molecule has 0 aliphatic rings. The van der Waals surface area contributed by atoms with E-state index in [1.807, 2.05) is 49.6 Å². The SMILES string of the molecule is CCC(NC(=O)NC(CCC(=O)O)Cc1ccccc1)c1nc(C)cs1. The molecule has 1 aromatic carbocycles. The normalized spacial score (nSPS) is 13.0. The number of amides is 2. The average molecular weight is 375 g/mol. The number of aryl methyl sites for hydroxylation is 1. The maximum atomic E-state index is 12.4. The van der Waals surface area contributed by atoms with E-state index < -0.39 is 5.97 Å². The fourth-order valence-corrected chi connectivity index (χ4v) is 3.61. The van der Waals surface area contributed by atoms with Crippen molar-refractivity contribution in [2.45, 2.75) is 51.6 Å². The van der Waals surface area contributed by atoms with Gasteiger partial charge in [0.1, 0.15) is 5.01 Å². The van der Waals surface area contributed by atoms with Crippen LogP contribution < -0.4 is 10.6 Å². The molecule has 0 aliphatic heterocycles. The Hall–Kier alpha value is -2.41. The van der Waals surface area contributed by atoms with Crippen molar-refractivity contribution in [2.24, 2.45) is 0 Å². The van der Waals surface area contributed by atoms with Crippen molar-refractivity contribution in [1.29, 1.82) is 0 Å². The fourth-order valence-electron chi connectivity index (χ4n) is 2.68. The number of nitrogens with one attached hydrogen (secondary N) is 2. The number of hydrogen-bond donors (Lipinski definition) is 3. The van der Waals surface area contributed by atoms with Gasteiger partial charge in [-0.3, -0.25) is 4.79 Å². The van der Waals surface area contributed by atoms with Crippen molar-refractivity contribution < 1.29 is 14.7 Å². The first-order valence-corrected chi connectivity index (χ1v) is 9.60. The Labute approximate surface area is 157 Å². The van der Waals surface area contributed by atoms with Gasteiger partial charge in [0.2, 0.25) is 0 Å². The molecule has 2 amide bonds. The largest absolute Gasteiger partial charge is 0.481 e. The summed E-state index contributed by atoms with van der Waals surface area (Å²) < 4.78 is 0. The lowest BCUT2D eigenvalue weighted by Crippen LogP contribution is -2.44. The van der Waals surface area contributed by atoms with Crippen LogP contribution in [0.1, 0.15) is 48.5 Å². The average Bonchev–Trinajstić information content (AvgIpc) is 3.04. The van der Waals surface area contributed by atoms with Crippen LogP contribution in [0.25, 0.3) is 0 Å². The molecule has 140 valence electrons. The van der Waals surface area contributed by atoms with E-state index in [1.54, 1.807) is 0 Å². The van der Waals surface area contributed by atoms with Crippen LogP contribution in [-0.4, -0.2) is 28.1 Å². The molecule has 7 heteroatoms. The molecule has 0 saturated carbocycles. The predicted octanol–water partition coefficient (Wildman–Crippen LogP) is 3.68. The number of thiazole rings is 1. The molecule has 2 aromatic rings. The summed E-state index contributed by atoms with van der Waals surface area (Å²) in [6, 6.07) is 9.05. The number of urea groups is 1. The van der Waals surface area contributed by atoms with Gasteiger partial charge in [-0.1, -0.05) is 37.3 Å². The van der Waals surface area contributed by atoms with Gasteiger partial charge in [0.15, 0.2) is 0 Å². The molecule has 0 fully saturated rings. The highest BCUT2D eigenvalue weighted by Crippen LogP contribution is 2.20. The van der Waals surface area contributed by atoms with E-state index in [0.29, 0.717) is 12.8 Å². The van der Waals surface area contributed by atoms with Crippen LogP contribution in [0, 0.1) is 6.92 Å². The topological polar surface area (TPSA) is 91.3 Å². The van der Waals surface area contributed by atoms with Gasteiger partial charge in [0.25, 0.3) is 0 Å². The first kappa shape index (κ1) is 19.9. The van der Waals surface area contributed by atoms with Gasteiger partial charge >= 0.3 is 12.0 Å². The summed E-state index contributed by atoms with van der Waals surface area (Å²) in [4.78, 5) is 27.8. The van der Waals surface area contributed by atoms with Crippen LogP contribution >= 0.6 is 11.3 Å². The maximum absolute atomic E-state index is 12.4. The maximum Gasteiger partial charge on any atom is 0.315 e. The number of carbonyl (C=O) groups excluding carboxylic acids is 1. The lowest BCUT2D eigenvalue weighted by Gasteiger charge is -2.21. The van der Waals surface area contributed by atoms with E-state index in [-0.39, 0.29) is 24.5 Å². The summed E-state index contributed by atoms with van der Waals surface area (Å²) in [5, 5.41) is 17.7. The zero-order chi connectivity index (χ0) is 18.9. The van der Waals surface area contributed by atoms with Crippen LogP contribution in [0.4, 0.5) is 4.79 Å². The Morgan fingerprint density at radius 3 is 2.54 bits per heavy atom. The zero-order valence-electron chi connectivity index (χ0n) is 15.1. The fraction of sp³-hybridized carbons (Fsp3) is 0.421. The lowest BCUT2D eigenvalue weighted by atomic mass is 10.0. The van der Waals surface area contributed by atoms with Crippen LogP contribution in [0.15, 0.2) is 35.7 Å². The zero-order valence-corrected chi connectivity index (χ0v) is 15.9. The van der Waals surface area contributed by atoms with E-state index in [9.17, 15) is 9.59 Å². The molecule has 0 radical (unpaired) electrons. The third-order valence-electron chi connectivity index (χ3n) is 4.02. The number of benzene rings is 1. The first-order chi connectivity index (χ1) is 12.5. The second kappa shape index (κ2) is 9.91. The van der Waals surface area contributed by atoms with Crippen molar-refractivity contribution in [2.75, 3.05) is 0 Å². The minimum atomic E-state index is -0.866. The smallest absolute Gasteiger partial charge is 0.315 e. The summed E-state index contributed by atoms with van der Waals surface area (Å²) in [7, 11) is 0.